The van der Waals surface area contributed by atoms with Crippen LogP contribution in [0, 0.1) is 6.92 Å². The summed E-state index contributed by atoms with van der Waals surface area (Å²) in [5, 5.41) is 0. The highest BCUT2D eigenvalue weighted by molar-refractivity contribution is 6.14. The molecule has 0 bridgehead atoms. The molecule has 0 saturated carbocycles. The van der Waals surface area contributed by atoms with E-state index in [-0.39, 0.29) is 11.9 Å². The summed E-state index contributed by atoms with van der Waals surface area (Å²) in [6.07, 6.45) is 2.70. The van der Waals surface area contributed by atoms with Gasteiger partial charge < -0.3 is 4.74 Å². The molecule has 110 valence electrons. The molecule has 0 aliphatic carbocycles. The first-order valence-corrected chi connectivity index (χ1v) is 7.33. The largest absolute Gasteiger partial charge is 0.496 e. The van der Waals surface area contributed by atoms with Crippen molar-refractivity contribution < 1.29 is 9.53 Å². The number of methoxy groups -OCH3 is 1. The summed E-state index contributed by atoms with van der Waals surface area (Å²) in [6.45, 7) is 1.96. The van der Waals surface area contributed by atoms with Crippen molar-refractivity contribution in [1.82, 2.24) is 0 Å². The van der Waals surface area contributed by atoms with Crippen LogP contribution in [-0.2, 0) is 6.42 Å². The molecule has 22 heavy (non-hydrogen) atoms. The first kappa shape index (κ1) is 13.1. The fraction of sp³-hybridized carbons (Fsp3) is 0.222. The van der Waals surface area contributed by atoms with Gasteiger partial charge in [-0.2, -0.15) is 0 Å². The molecule has 1 atom stereocenters. The molecule has 4 heteroatoms. The van der Waals surface area contributed by atoms with Crippen molar-refractivity contribution in [2.24, 2.45) is 4.99 Å². The smallest absolute Gasteiger partial charge is 0.261 e. The van der Waals surface area contributed by atoms with Crippen LogP contribution in [0.4, 0.5) is 11.4 Å². The van der Waals surface area contributed by atoms with Crippen molar-refractivity contribution >= 4 is 23.5 Å². The molecule has 0 saturated heterocycles. The van der Waals surface area contributed by atoms with Crippen LogP contribution in [0.5, 0.6) is 5.75 Å². The summed E-state index contributed by atoms with van der Waals surface area (Å²) in [5.74, 6) is 0.703. The maximum atomic E-state index is 13.1. The summed E-state index contributed by atoms with van der Waals surface area (Å²) < 4.78 is 5.36. The summed E-state index contributed by atoms with van der Waals surface area (Å²) in [4.78, 5) is 19.5. The zero-order chi connectivity index (χ0) is 15.3. The van der Waals surface area contributed by atoms with Crippen LogP contribution in [-0.4, -0.2) is 25.3 Å². The number of carbonyl (C=O) groups is 1. The second kappa shape index (κ2) is 4.70. The third-order valence-electron chi connectivity index (χ3n) is 4.36. The van der Waals surface area contributed by atoms with Crippen LogP contribution >= 0.6 is 0 Å². The second-order valence-electron chi connectivity index (χ2n) is 5.69. The molecule has 1 amide bonds. The molecule has 0 unspecified atom stereocenters. The van der Waals surface area contributed by atoms with E-state index in [4.69, 9.17) is 4.74 Å². The highest BCUT2D eigenvalue weighted by atomic mass is 16.5. The van der Waals surface area contributed by atoms with Crippen LogP contribution in [0.3, 0.4) is 0 Å². The number of ether oxygens (including phenoxy) is 1. The lowest BCUT2D eigenvalue weighted by Gasteiger charge is -2.21. The first-order chi connectivity index (χ1) is 10.7. The van der Waals surface area contributed by atoms with Gasteiger partial charge in [-0.05, 0) is 36.2 Å². The normalized spacial score (nSPS) is 18.5. The Kier molecular flexibility index (Phi) is 2.79. The lowest BCUT2D eigenvalue weighted by Crippen LogP contribution is -2.37. The number of benzene rings is 2. The van der Waals surface area contributed by atoms with Gasteiger partial charge in [0.15, 0.2) is 0 Å². The quantitative estimate of drug-likeness (QED) is 0.809. The van der Waals surface area contributed by atoms with Crippen molar-refractivity contribution in [3.63, 3.8) is 0 Å². The molecule has 4 rings (SSSR count). The van der Waals surface area contributed by atoms with Crippen molar-refractivity contribution in [2.45, 2.75) is 19.4 Å². The standard InChI is InChI=1S/C18H16N2O2/c1-11-7-15-14(9-17(11)22-2)18(21)20-13(10-19-15)8-12-5-3-4-6-16(12)20/h3-7,9-10,13H,8H2,1-2H3/t13-/m0/s1. The van der Waals surface area contributed by atoms with E-state index in [0.717, 1.165) is 23.4 Å². The number of hydrogen-bond acceptors (Lipinski definition) is 3. The molecule has 4 nitrogen and oxygen atoms in total. The topological polar surface area (TPSA) is 41.9 Å². The fourth-order valence-corrected chi connectivity index (χ4v) is 3.26. The lowest BCUT2D eigenvalue weighted by atomic mass is 10.1. The molecular weight excluding hydrogens is 276 g/mol. The second-order valence-corrected chi connectivity index (χ2v) is 5.69. The van der Waals surface area contributed by atoms with Crippen LogP contribution in [0.1, 0.15) is 21.5 Å². The predicted molar refractivity (Wildman–Crippen MR) is 86.6 cm³/mol. The lowest BCUT2D eigenvalue weighted by molar-refractivity contribution is 0.0987. The Hall–Kier alpha value is -2.62. The Morgan fingerprint density at radius 3 is 2.91 bits per heavy atom. The zero-order valence-corrected chi connectivity index (χ0v) is 12.5. The highest BCUT2D eigenvalue weighted by Crippen LogP contribution is 2.38. The summed E-state index contributed by atoms with van der Waals surface area (Å²) >= 11 is 0. The van der Waals surface area contributed by atoms with E-state index < -0.39 is 0 Å². The predicted octanol–water partition coefficient (Wildman–Crippen LogP) is 3.29. The van der Waals surface area contributed by atoms with Crippen molar-refractivity contribution in [1.29, 1.82) is 0 Å². The molecule has 0 N–H and O–H groups in total. The fourth-order valence-electron chi connectivity index (χ4n) is 3.26. The minimum Gasteiger partial charge on any atom is -0.496 e. The van der Waals surface area contributed by atoms with Crippen LogP contribution in [0.15, 0.2) is 41.4 Å². The maximum absolute atomic E-state index is 13.1. The summed E-state index contributed by atoms with van der Waals surface area (Å²) in [5.41, 5.74) is 4.47. The van der Waals surface area contributed by atoms with Gasteiger partial charge >= 0.3 is 0 Å². The van der Waals surface area contributed by atoms with Gasteiger partial charge in [-0.15, -0.1) is 0 Å². The zero-order valence-electron chi connectivity index (χ0n) is 12.5. The molecule has 2 aromatic carbocycles. The molecule has 2 aliphatic rings. The van der Waals surface area contributed by atoms with Gasteiger partial charge in [-0.1, -0.05) is 18.2 Å². The molecule has 0 fully saturated rings. The Labute approximate surface area is 129 Å². The van der Waals surface area contributed by atoms with E-state index in [9.17, 15) is 4.79 Å². The molecule has 0 aromatic heterocycles. The first-order valence-electron chi connectivity index (χ1n) is 7.33. The van der Waals surface area contributed by atoms with Gasteiger partial charge in [0.05, 0.1) is 24.4 Å². The number of anilines is 1. The van der Waals surface area contributed by atoms with E-state index in [1.165, 1.54) is 5.56 Å². The number of aryl methyl sites for hydroxylation is 1. The van der Waals surface area contributed by atoms with E-state index in [0.29, 0.717) is 11.3 Å². The van der Waals surface area contributed by atoms with Crippen LogP contribution in [0.2, 0.25) is 0 Å². The number of rotatable bonds is 1. The van der Waals surface area contributed by atoms with E-state index >= 15 is 0 Å². The summed E-state index contributed by atoms with van der Waals surface area (Å²) in [7, 11) is 1.62. The minimum absolute atomic E-state index is 0.0106. The SMILES string of the molecule is COc1cc2c(cc1C)N=C[C@@H]1Cc3ccccc3N1C2=O. The third kappa shape index (κ3) is 1.77. The molecule has 0 spiro atoms. The number of fused-ring (bicyclic) bond motifs is 4. The van der Waals surface area contributed by atoms with Gasteiger partial charge in [0, 0.05) is 18.3 Å². The van der Waals surface area contributed by atoms with Gasteiger partial charge in [0.25, 0.3) is 5.91 Å². The number of carbonyl (C=O) groups excluding carboxylic acids is 1. The molecular formula is C18H16N2O2. The van der Waals surface area contributed by atoms with Crippen molar-refractivity contribution in [3.8, 4) is 5.75 Å². The van der Waals surface area contributed by atoms with E-state index in [1.807, 2.05) is 42.3 Å². The van der Waals surface area contributed by atoms with E-state index in [1.54, 1.807) is 13.2 Å². The molecule has 2 aliphatic heterocycles. The third-order valence-corrected chi connectivity index (χ3v) is 4.36. The van der Waals surface area contributed by atoms with Crippen molar-refractivity contribution in [2.75, 3.05) is 12.0 Å². The maximum Gasteiger partial charge on any atom is 0.261 e. The van der Waals surface area contributed by atoms with E-state index in [2.05, 4.69) is 11.1 Å². The monoisotopic (exact) mass is 292 g/mol. The van der Waals surface area contributed by atoms with Crippen molar-refractivity contribution in [3.05, 3.63) is 53.1 Å². The molecule has 0 radical (unpaired) electrons. The minimum atomic E-state index is -0.0132. The number of nitrogens with zero attached hydrogens (tertiary/aromatic N) is 2. The van der Waals surface area contributed by atoms with Gasteiger partial charge in [-0.3, -0.25) is 14.7 Å². The Bertz CT molecular complexity index is 811. The number of hydrogen-bond donors (Lipinski definition) is 0. The average molecular weight is 292 g/mol. The van der Waals surface area contributed by atoms with Gasteiger partial charge in [0.1, 0.15) is 5.75 Å². The average Bonchev–Trinajstić information content (AvgIpc) is 2.84. The van der Waals surface area contributed by atoms with Crippen LogP contribution in [0.25, 0.3) is 0 Å². The number of aliphatic imine (C=N–C) groups is 1. The number of amides is 1. The number of para-hydroxylation sites is 1. The Morgan fingerprint density at radius 2 is 2.09 bits per heavy atom. The Balaban J connectivity index is 1.88. The highest BCUT2D eigenvalue weighted by Gasteiger charge is 2.36. The Morgan fingerprint density at radius 1 is 1.27 bits per heavy atom. The van der Waals surface area contributed by atoms with Crippen LogP contribution < -0.4 is 9.64 Å². The summed E-state index contributed by atoms with van der Waals surface area (Å²) in [6, 6.07) is 11.7. The van der Waals surface area contributed by atoms with Gasteiger partial charge in [0.2, 0.25) is 0 Å². The van der Waals surface area contributed by atoms with Gasteiger partial charge in [-0.25, -0.2) is 0 Å². The molecule has 2 heterocycles. The molecule has 2 aromatic rings.